The van der Waals surface area contributed by atoms with Gasteiger partial charge in [0.25, 0.3) is 0 Å². The second-order valence-corrected chi connectivity index (χ2v) is 6.39. The van der Waals surface area contributed by atoms with Gasteiger partial charge in [0.05, 0.1) is 19.4 Å². The first-order valence-corrected chi connectivity index (χ1v) is 8.60. The fourth-order valence-corrected chi connectivity index (χ4v) is 3.66. The molecule has 25 heavy (non-hydrogen) atoms. The van der Waals surface area contributed by atoms with Gasteiger partial charge in [0.1, 0.15) is 5.82 Å². The van der Waals surface area contributed by atoms with E-state index < -0.39 is 0 Å². The van der Waals surface area contributed by atoms with Crippen LogP contribution in [-0.4, -0.2) is 49.9 Å². The first-order chi connectivity index (χ1) is 12.2. The lowest BCUT2D eigenvalue weighted by atomic mass is 10.0. The topological polar surface area (TPSA) is 85.5 Å². The van der Waals surface area contributed by atoms with Crippen LogP contribution in [0.5, 0.6) is 11.5 Å². The molecule has 0 radical (unpaired) electrons. The highest BCUT2D eigenvalue weighted by Crippen LogP contribution is 2.42. The molecule has 132 valence electrons. The summed E-state index contributed by atoms with van der Waals surface area (Å²) in [6.45, 7) is 2.44. The molecule has 0 saturated carbocycles. The number of hydrogen-bond acceptors (Lipinski definition) is 7. The lowest BCUT2D eigenvalue weighted by Gasteiger charge is -2.22. The summed E-state index contributed by atoms with van der Waals surface area (Å²) < 4.78 is 11.4. The van der Waals surface area contributed by atoms with E-state index in [-0.39, 0.29) is 5.95 Å². The monoisotopic (exact) mass is 341 g/mol. The van der Waals surface area contributed by atoms with Crippen molar-refractivity contribution in [3.8, 4) is 22.8 Å². The number of para-hydroxylation sites is 1. The van der Waals surface area contributed by atoms with E-state index >= 15 is 0 Å². The van der Waals surface area contributed by atoms with E-state index in [0.717, 1.165) is 54.3 Å². The van der Waals surface area contributed by atoms with E-state index in [4.69, 9.17) is 15.2 Å². The number of nitrogens with two attached hydrogens (primary N) is 1. The van der Waals surface area contributed by atoms with E-state index in [2.05, 4.69) is 20.2 Å². The molecule has 7 nitrogen and oxygen atoms in total. The summed E-state index contributed by atoms with van der Waals surface area (Å²) in [6.07, 6.45) is 1.83. The summed E-state index contributed by atoms with van der Waals surface area (Å²) in [5, 5.41) is 3.34. The summed E-state index contributed by atoms with van der Waals surface area (Å²) >= 11 is 0. The van der Waals surface area contributed by atoms with Gasteiger partial charge in [-0.15, -0.1) is 0 Å². The Hall–Kier alpha value is -2.54. The molecule has 1 saturated heterocycles. The van der Waals surface area contributed by atoms with Crippen molar-refractivity contribution in [2.45, 2.75) is 18.9 Å². The maximum absolute atomic E-state index is 6.06. The van der Waals surface area contributed by atoms with Gasteiger partial charge in [0, 0.05) is 36.7 Å². The average Bonchev–Trinajstić information content (AvgIpc) is 3.03. The fourth-order valence-electron chi connectivity index (χ4n) is 3.66. The van der Waals surface area contributed by atoms with E-state index in [0.29, 0.717) is 18.4 Å². The van der Waals surface area contributed by atoms with Crippen LogP contribution in [-0.2, 0) is 6.42 Å². The molecule has 2 aromatic rings. The zero-order valence-electron chi connectivity index (χ0n) is 14.6. The minimum absolute atomic E-state index is 0.289. The lowest BCUT2D eigenvalue weighted by Crippen LogP contribution is -2.30. The van der Waals surface area contributed by atoms with Crippen molar-refractivity contribution in [1.82, 2.24) is 15.3 Å². The number of fused-ring (bicyclic) bond motifs is 3. The van der Waals surface area contributed by atoms with E-state index in [1.807, 2.05) is 25.2 Å². The highest BCUT2D eigenvalue weighted by atomic mass is 16.5. The number of aromatic nitrogens is 2. The molecule has 0 unspecified atom stereocenters. The van der Waals surface area contributed by atoms with Gasteiger partial charge in [-0.05, 0) is 25.6 Å². The van der Waals surface area contributed by atoms with Crippen molar-refractivity contribution in [3.05, 3.63) is 23.8 Å². The smallest absolute Gasteiger partial charge is 0.222 e. The number of nitrogen functional groups attached to an aromatic ring is 1. The van der Waals surface area contributed by atoms with Crippen molar-refractivity contribution in [1.29, 1.82) is 0 Å². The van der Waals surface area contributed by atoms with Crippen molar-refractivity contribution in [2.24, 2.45) is 0 Å². The van der Waals surface area contributed by atoms with Crippen molar-refractivity contribution in [3.63, 3.8) is 0 Å². The molecule has 3 N–H and O–H groups in total. The maximum Gasteiger partial charge on any atom is 0.222 e. The molecule has 2 aliphatic heterocycles. The number of anilines is 2. The largest absolute Gasteiger partial charge is 0.493 e. The van der Waals surface area contributed by atoms with Crippen molar-refractivity contribution in [2.75, 3.05) is 44.5 Å². The van der Waals surface area contributed by atoms with Crippen LogP contribution in [0.25, 0.3) is 11.3 Å². The third-order valence-electron chi connectivity index (χ3n) is 4.95. The Bertz CT molecular complexity index is 795. The van der Waals surface area contributed by atoms with Crippen molar-refractivity contribution < 1.29 is 9.47 Å². The molecule has 1 aromatic heterocycles. The number of rotatable bonds is 3. The number of likely N-dealkylation sites (N-methyl/N-ethyl adjacent to an activating group) is 1. The third kappa shape index (κ3) is 2.74. The minimum Gasteiger partial charge on any atom is -0.493 e. The van der Waals surface area contributed by atoms with Crippen LogP contribution in [0.4, 0.5) is 11.8 Å². The zero-order chi connectivity index (χ0) is 17.4. The summed E-state index contributed by atoms with van der Waals surface area (Å²) in [5.74, 6) is 2.65. The maximum atomic E-state index is 6.06. The quantitative estimate of drug-likeness (QED) is 0.874. The Labute approximate surface area is 147 Å². The Morgan fingerprint density at radius 3 is 3.00 bits per heavy atom. The normalized spacial score (nSPS) is 19.0. The molecule has 1 fully saturated rings. The van der Waals surface area contributed by atoms with Crippen LogP contribution >= 0.6 is 0 Å². The van der Waals surface area contributed by atoms with Crippen LogP contribution in [0, 0.1) is 0 Å². The Morgan fingerprint density at radius 2 is 2.24 bits per heavy atom. The molecule has 4 rings (SSSR count). The molecule has 1 atom stereocenters. The molecule has 0 bridgehead atoms. The van der Waals surface area contributed by atoms with E-state index in [1.165, 1.54) is 0 Å². The Kier molecular flexibility index (Phi) is 4.09. The van der Waals surface area contributed by atoms with Gasteiger partial charge < -0.3 is 25.4 Å². The highest BCUT2D eigenvalue weighted by molar-refractivity contribution is 5.78. The third-order valence-corrected chi connectivity index (χ3v) is 4.95. The Balaban J connectivity index is 1.85. The van der Waals surface area contributed by atoms with Crippen LogP contribution < -0.4 is 25.4 Å². The SMILES string of the molecule is CN[C@@H]1CCN(c2nc(N)nc3c2CCOc2c(OC)cccc2-3)C1. The molecule has 0 aliphatic carbocycles. The number of methoxy groups -OCH3 is 1. The van der Waals surface area contributed by atoms with E-state index in [9.17, 15) is 0 Å². The van der Waals surface area contributed by atoms with E-state index in [1.54, 1.807) is 7.11 Å². The molecular formula is C18H23N5O2. The first kappa shape index (κ1) is 16.0. The second-order valence-electron chi connectivity index (χ2n) is 6.39. The minimum atomic E-state index is 0.289. The van der Waals surface area contributed by atoms with Crippen LogP contribution in [0.2, 0.25) is 0 Å². The molecule has 0 amide bonds. The first-order valence-electron chi connectivity index (χ1n) is 8.60. The molecule has 3 heterocycles. The highest BCUT2D eigenvalue weighted by Gasteiger charge is 2.29. The van der Waals surface area contributed by atoms with Crippen LogP contribution in [0.1, 0.15) is 12.0 Å². The van der Waals surface area contributed by atoms with Crippen molar-refractivity contribution >= 4 is 11.8 Å². The standard InChI is InChI=1S/C18H23N5O2/c1-20-11-6-8-23(10-11)17-13-7-9-25-16-12(4-3-5-14(16)24-2)15(13)21-18(19)22-17/h3-5,11,20H,6-10H2,1-2H3,(H2,19,21,22)/t11-/m1/s1. The van der Waals surface area contributed by atoms with Gasteiger partial charge >= 0.3 is 0 Å². The Morgan fingerprint density at radius 1 is 1.36 bits per heavy atom. The van der Waals surface area contributed by atoms with Crippen LogP contribution in [0.15, 0.2) is 18.2 Å². The zero-order valence-corrected chi connectivity index (χ0v) is 14.6. The number of ether oxygens (including phenoxy) is 2. The predicted molar refractivity (Wildman–Crippen MR) is 97.3 cm³/mol. The van der Waals surface area contributed by atoms with Gasteiger partial charge in [-0.1, -0.05) is 6.07 Å². The van der Waals surface area contributed by atoms with Gasteiger partial charge in [0.15, 0.2) is 11.5 Å². The van der Waals surface area contributed by atoms with Gasteiger partial charge in [-0.25, -0.2) is 4.98 Å². The number of nitrogens with zero attached hydrogens (tertiary/aromatic N) is 3. The molecular weight excluding hydrogens is 318 g/mol. The number of benzene rings is 1. The number of nitrogens with one attached hydrogen (secondary N) is 1. The van der Waals surface area contributed by atoms with Gasteiger partial charge in [0.2, 0.25) is 5.95 Å². The average molecular weight is 341 g/mol. The van der Waals surface area contributed by atoms with Crippen LogP contribution in [0.3, 0.4) is 0 Å². The lowest BCUT2D eigenvalue weighted by molar-refractivity contribution is 0.301. The predicted octanol–water partition coefficient (Wildman–Crippen LogP) is 1.47. The fraction of sp³-hybridized carbons (Fsp3) is 0.444. The molecule has 0 spiro atoms. The van der Waals surface area contributed by atoms with Gasteiger partial charge in [-0.2, -0.15) is 4.98 Å². The summed E-state index contributed by atoms with van der Waals surface area (Å²) in [7, 11) is 3.64. The summed E-state index contributed by atoms with van der Waals surface area (Å²) in [4.78, 5) is 11.4. The summed E-state index contributed by atoms with van der Waals surface area (Å²) in [5.41, 5.74) is 8.91. The second kappa shape index (κ2) is 6.40. The molecule has 2 aliphatic rings. The van der Waals surface area contributed by atoms with Gasteiger partial charge in [-0.3, -0.25) is 0 Å². The number of hydrogen-bond donors (Lipinski definition) is 2. The summed E-state index contributed by atoms with van der Waals surface area (Å²) in [6, 6.07) is 6.31. The molecule has 7 heteroatoms. The molecule has 1 aromatic carbocycles.